The van der Waals surface area contributed by atoms with Crippen molar-refractivity contribution in [2.75, 3.05) is 13.2 Å². The van der Waals surface area contributed by atoms with Crippen LogP contribution in [0.4, 0.5) is 13.6 Å². The van der Waals surface area contributed by atoms with Gasteiger partial charge in [0.25, 0.3) is 5.91 Å². The average molecular weight is 562 g/mol. The molecule has 2 aliphatic heterocycles. The number of carbonyl (C=O) groups is 2. The van der Waals surface area contributed by atoms with Gasteiger partial charge in [0.15, 0.2) is 0 Å². The minimum Gasteiger partial charge on any atom is -0.489 e. The zero-order valence-electron chi connectivity index (χ0n) is 18.9. The number of alkyl halides is 2. The van der Waals surface area contributed by atoms with Gasteiger partial charge in [-0.25, -0.2) is 9.48 Å². The number of nitrogens with one attached hydrogen (secondary N) is 1. The van der Waals surface area contributed by atoms with E-state index in [0.717, 1.165) is 10.0 Å². The first-order valence-corrected chi connectivity index (χ1v) is 12.1. The lowest BCUT2D eigenvalue weighted by Gasteiger charge is -2.32. The van der Waals surface area contributed by atoms with Crippen LogP contribution in [0.1, 0.15) is 35.4 Å². The summed E-state index contributed by atoms with van der Waals surface area (Å²) < 4.78 is 39.1. The van der Waals surface area contributed by atoms with Crippen LogP contribution in [0.25, 0.3) is 11.1 Å². The predicted molar refractivity (Wildman–Crippen MR) is 128 cm³/mol. The van der Waals surface area contributed by atoms with Crippen LogP contribution in [-0.2, 0) is 11.3 Å². The number of ether oxygens (including phenoxy) is 2. The van der Waals surface area contributed by atoms with Crippen LogP contribution in [0.5, 0.6) is 5.75 Å². The third-order valence-corrected chi connectivity index (χ3v) is 6.70. The van der Waals surface area contributed by atoms with Crippen LogP contribution in [0.2, 0.25) is 0 Å². The van der Waals surface area contributed by atoms with Gasteiger partial charge in [0.1, 0.15) is 24.2 Å². The number of pyridine rings is 1. The molecule has 2 atom stereocenters. The standard InChI is InChI=1S/C24H22BrF2N5O4/c25-16-3-1-14(2-4-16)9-29-22(33)20-8-21(19(11-28-20)15-10-30-32(12-15)23(26)27)36-18-5-6-31-17(7-18)13-35-24(31)34/h1-4,8,10-12,17-18,23H,5-7,9,13H2,(H,29,33)/t17-,18-/m0/s1. The van der Waals surface area contributed by atoms with Gasteiger partial charge in [-0.1, -0.05) is 28.1 Å². The summed E-state index contributed by atoms with van der Waals surface area (Å²) in [6.07, 6.45) is 4.46. The molecule has 2 amide bonds. The summed E-state index contributed by atoms with van der Waals surface area (Å²) in [7, 11) is 0. The van der Waals surface area contributed by atoms with Crippen LogP contribution in [0, 0.1) is 0 Å². The molecule has 2 aliphatic rings. The molecule has 0 aliphatic carbocycles. The highest BCUT2D eigenvalue weighted by Crippen LogP contribution is 2.34. The molecule has 188 valence electrons. The van der Waals surface area contributed by atoms with E-state index >= 15 is 0 Å². The molecule has 2 aromatic heterocycles. The van der Waals surface area contributed by atoms with E-state index in [9.17, 15) is 18.4 Å². The van der Waals surface area contributed by atoms with Crippen molar-refractivity contribution in [1.29, 1.82) is 0 Å². The molecule has 0 spiro atoms. The maximum absolute atomic E-state index is 13.1. The van der Waals surface area contributed by atoms with Gasteiger partial charge in [0.2, 0.25) is 0 Å². The van der Waals surface area contributed by atoms with Gasteiger partial charge in [-0.3, -0.25) is 9.78 Å². The average Bonchev–Trinajstić information content (AvgIpc) is 3.51. The third kappa shape index (κ3) is 5.18. The number of rotatable bonds is 7. The number of piperidine rings is 1. The van der Waals surface area contributed by atoms with Gasteiger partial charge in [-0.2, -0.15) is 13.9 Å². The van der Waals surface area contributed by atoms with Crippen molar-refractivity contribution in [2.24, 2.45) is 0 Å². The van der Waals surface area contributed by atoms with Crippen LogP contribution in [0.3, 0.4) is 0 Å². The highest BCUT2D eigenvalue weighted by molar-refractivity contribution is 9.10. The van der Waals surface area contributed by atoms with Gasteiger partial charge >= 0.3 is 12.6 Å². The molecule has 0 saturated carbocycles. The lowest BCUT2D eigenvalue weighted by Crippen LogP contribution is -2.44. The Bertz CT molecular complexity index is 1270. The van der Waals surface area contributed by atoms with Gasteiger partial charge in [-0.15, -0.1) is 0 Å². The van der Waals surface area contributed by atoms with E-state index in [1.165, 1.54) is 24.7 Å². The van der Waals surface area contributed by atoms with Crippen LogP contribution in [-0.4, -0.2) is 57.0 Å². The van der Waals surface area contributed by atoms with Crippen molar-refractivity contribution in [3.05, 3.63) is 64.7 Å². The fourth-order valence-corrected chi connectivity index (χ4v) is 4.55. The van der Waals surface area contributed by atoms with E-state index in [1.54, 1.807) is 4.90 Å². The molecule has 4 heterocycles. The normalized spacial score (nSPS) is 19.2. The van der Waals surface area contributed by atoms with E-state index in [4.69, 9.17) is 9.47 Å². The quantitative estimate of drug-likeness (QED) is 0.459. The van der Waals surface area contributed by atoms with Crippen molar-refractivity contribution in [3.63, 3.8) is 0 Å². The molecule has 2 saturated heterocycles. The number of cyclic esters (lactones) is 1. The predicted octanol–water partition coefficient (Wildman–Crippen LogP) is 4.39. The van der Waals surface area contributed by atoms with Gasteiger partial charge < -0.3 is 19.7 Å². The Morgan fingerprint density at radius 2 is 2.08 bits per heavy atom. The van der Waals surface area contributed by atoms with Crippen molar-refractivity contribution in [1.82, 2.24) is 25.0 Å². The van der Waals surface area contributed by atoms with Crippen molar-refractivity contribution in [3.8, 4) is 16.9 Å². The van der Waals surface area contributed by atoms with Crippen LogP contribution < -0.4 is 10.1 Å². The lowest BCUT2D eigenvalue weighted by atomic mass is 10.0. The fraction of sp³-hybridized carbons (Fsp3) is 0.333. The number of nitrogens with zero attached hydrogens (tertiary/aromatic N) is 4. The Balaban J connectivity index is 1.37. The first kappa shape index (κ1) is 24.2. The summed E-state index contributed by atoms with van der Waals surface area (Å²) >= 11 is 3.38. The van der Waals surface area contributed by atoms with E-state index in [-0.39, 0.29) is 23.9 Å². The molecule has 0 bridgehead atoms. The second kappa shape index (κ2) is 10.2. The SMILES string of the molecule is O=C(NCc1ccc(Br)cc1)c1cc(O[C@H]2CCN3C(=O)OC[C@@H]3C2)c(-c2cnn(C(F)F)c2)cn1. The summed E-state index contributed by atoms with van der Waals surface area (Å²) in [5, 5.41) is 6.53. The Kier molecular flexibility index (Phi) is 6.86. The maximum atomic E-state index is 13.1. The van der Waals surface area contributed by atoms with Crippen molar-refractivity contribution >= 4 is 27.9 Å². The zero-order valence-corrected chi connectivity index (χ0v) is 20.5. The number of amides is 2. The van der Waals surface area contributed by atoms with Gasteiger partial charge in [0.05, 0.1) is 12.2 Å². The molecule has 36 heavy (non-hydrogen) atoms. The smallest absolute Gasteiger partial charge is 0.410 e. The molecule has 2 fully saturated rings. The third-order valence-electron chi connectivity index (χ3n) is 6.17. The Morgan fingerprint density at radius 1 is 1.28 bits per heavy atom. The lowest BCUT2D eigenvalue weighted by molar-refractivity contribution is 0.0566. The van der Waals surface area contributed by atoms with Crippen molar-refractivity contribution < 1.29 is 27.8 Å². The number of hydrogen-bond acceptors (Lipinski definition) is 6. The molecule has 1 aromatic carbocycles. The highest BCUT2D eigenvalue weighted by atomic mass is 79.9. The number of fused-ring (bicyclic) bond motifs is 1. The van der Waals surface area contributed by atoms with Crippen LogP contribution >= 0.6 is 15.9 Å². The number of hydrogen-bond donors (Lipinski definition) is 1. The zero-order chi connectivity index (χ0) is 25.2. The Labute approximate surface area is 213 Å². The molecule has 3 aromatic rings. The van der Waals surface area contributed by atoms with Gasteiger partial charge in [-0.05, 0) is 17.7 Å². The Hall–Kier alpha value is -3.54. The van der Waals surface area contributed by atoms with E-state index in [0.29, 0.717) is 54.1 Å². The number of carbonyl (C=O) groups excluding carboxylic acids is 2. The van der Waals surface area contributed by atoms with E-state index < -0.39 is 12.5 Å². The topological polar surface area (TPSA) is 98.6 Å². The molecular formula is C24H22BrF2N5O4. The highest BCUT2D eigenvalue weighted by Gasteiger charge is 2.39. The number of benzene rings is 1. The van der Waals surface area contributed by atoms with Crippen molar-refractivity contribution in [2.45, 2.75) is 38.1 Å². The van der Waals surface area contributed by atoms with Crippen LogP contribution in [0.15, 0.2) is 53.4 Å². The minimum absolute atomic E-state index is 0.0863. The fourth-order valence-electron chi connectivity index (χ4n) is 4.28. The molecule has 12 heteroatoms. The molecule has 0 unspecified atom stereocenters. The summed E-state index contributed by atoms with van der Waals surface area (Å²) in [5.74, 6) is -0.0708. The number of halogens is 3. The summed E-state index contributed by atoms with van der Waals surface area (Å²) in [4.78, 5) is 30.6. The molecular weight excluding hydrogens is 540 g/mol. The summed E-state index contributed by atoms with van der Waals surface area (Å²) in [5.41, 5.74) is 1.87. The second-order valence-corrected chi connectivity index (χ2v) is 9.47. The molecule has 0 radical (unpaired) electrons. The second-order valence-electron chi connectivity index (χ2n) is 8.55. The number of aromatic nitrogens is 3. The monoisotopic (exact) mass is 561 g/mol. The largest absolute Gasteiger partial charge is 0.489 e. The minimum atomic E-state index is -2.79. The van der Waals surface area contributed by atoms with Gasteiger partial charge in [0, 0.05) is 60.0 Å². The molecule has 9 nitrogen and oxygen atoms in total. The molecule has 1 N–H and O–H groups in total. The molecule has 5 rings (SSSR count). The maximum Gasteiger partial charge on any atom is 0.410 e. The Morgan fingerprint density at radius 3 is 2.83 bits per heavy atom. The van der Waals surface area contributed by atoms with E-state index in [1.807, 2.05) is 24.3 Å². The first-order chi connectivity index (χ1) is 17.4. The van der Waals surface area contributed by atoms with E-state index in [2.05, 4.69) is 31.3 Å². The summed E-state index contributed by atoms with van der Waals surface area (Å²) in [6.45, 7) is -1.70. The first-order valence-electron chi connectivity index (χ1n) is 11.3. The summed E-state index contributed by atoms with van der Waals surface area (Å²) in [6, 6.07) is 8.97.